The minimum absolute atomic E-state index is 0. The van der Waals surface area contributed by atoms with Crippen LogP contribution in [0.1, 0.15) is 0 Å². The molecule has 0 saturated heterocycles. The Morgan fingerprint density at radius 1 is 0.769 bits per heavy atom. The van der Waals surface area contributed by atoms with Gasteiger partial charge in [0.1, 0.15) is 0 Å². The summed E-state index contributed by atoms with van der Waals surface area (Å²) in [6.45, 7) is 0. The van der Waals surface area contributed by atoms with Gasteiger partial charge in [0.15, 0.2) is 0 Å². The number of aromatic nitrogens is 1. The molecule has 13 heavy (non-hydrogen) atoms. The van der Waals surface area contributed by atoms with Crippen LogP contribution in [0.25, 0.3) is 11.3 Å². The smallest absolute Gasteiger partial charge is 0.0701 e. The Labute approximate surface area is 96.6 Å². The molecular formula is C11H9InN. The first kappa shape index (κ1) is 10.3. The second-order valence-electron chi connectivity index (χ2n) is 2.58. The predicted octanol–water partition coefficient (Wildman–Crippen LogP) is 2.37. The fourth-order valence-electron chi connectivity index (χ4n) is 1.14. The van der Waals surface area contributed by atoms with Gasteiger partial charge in [-0.1, -0.05) is 36.4 Å². The Balaban J connectivity index is 0.000000845. The molecule has 0 atom stereocenters. The molecule has 1 aromatic carbocycles. The Hall–Kier alpha value is -0.760. The first-order valence-corrected chi connectivity index (χ1v) is 3.93. The van der Waals surface area contributed by atoms with E-state index in [0.29, 0.717) is 0 Å². The van der Waals surface area contributed by atoms with Crippen molar-refractivity contribution in [2.24, 2.45) is 0 Å². The van der Waals surface area contributed by atoms with Gasteiger partial charge >= 0.3 is 0 Å². The molecule has 2 heteroatoms. The van der Waals surface area contributed by atoms with Gasteiger partial charge in [-0.25, -0.2) is 0 Å². The molecule has 1 nitrogen and oxygen atoms in total. The van der Waals surface area contributed by atoms with Crippen LogP contribution in [0.4, 0.5) is 0 Å². The van der Waals surface area contributed by atoms with Gasteiger partial charge in [0.2, 0.25) is 0 Å². The Morgan fingerprint density at radius 3 is 2.08 bits per heavy atom. The van der Waals surface area contributed by atoms with Crippen molar-refractivity contribution in [3.8, 4) is 11.3 Å². The van der Waals surface area contributed by atoms with Crippen molar-refractivity contribution in [2.75, 3.05) is 0 Å². The number of pyridine rings is 1. The van der Waals surface area contributed by atoms with E-state index in [-0.39, 0.29) is 25.8 Å². The second kappa shape index (κ2) is 5.07. The maximum Gasteiger partial charge on any atom is 0.0701 e. The summed E-state index contributed by atoms with van der Waals surface area (Å²) in [4.78, 5) is 4.25. The van der Waals surface area contributed by atoms with Crippen LogP contribution in [0, 0.1) is 0 Å². The summed E-state index contributed by atoms with van der Waals surface area (Å²) in [6, 6.07) is 16.1. The first-order chi connectivity index (χ1) is 5.97. The Morgan fingerprint density at radius 2 is 1.46 bits per heavy atom. The van der Waals surface area contributed by atoms with Gasteiger partial charge in [-0.2, -0.15) is 0 Å². The predicted molar refractivity (Wildman–Crippen MR) is 55.4 cm³/mol. The van der Waals surface area contributed by atoms with Crippen molar-refractivity contribution in [1.29, 1.82) is 0 Å². The molecule has 2 aromatic rings. The van der Waals surface area contributed by atoms with Crippen molar-refractivity contribution in [1.82, 2.24) is 4.98 Å². The third-order valence-corrected chi connectivity index (χ3v) is 1.73. The van der Waals surface area contributed by atoms with Crippen molar-refractivity contribution < 1.29 is 0 Å². The van der Waals surface area contributed by atoms with E-state index in [1.165, 1.54) is 0 Å². The molecule has 0 saturated carbocycles. The zero-order chi connectivity index (χ0) is 8.23. The van der Waals surface area contributed by atoms with Gasteiger partial charge in [-0.3, -0.25) is 4.98 Å². The fourth-order valence-corrected chi connectivity index (χ4v) is 1.14. The molecule has 0 bridgehead atoms. The molecule has 0 amide bonds. The van der Waals surface area contributed by atoms with E-state index < -0.39 is 0 Å². The van der Waals surface area contributed by atoms with E-state index in [4.69, 9.17) is 0 Å². The summed E-state index contributed by atoms with van der Waals surface area (Å²) in [5.74, 6) is 0. The zero-order valence-electron chi connectivity index (χ0n) is 7.22. The maximum atomic E-state index is 4.25. The monoisotopic (exact) mass is 270 g/mol. The molecule has 1 heterocycles. The molecule has 0 aliphatic heterocycles. The molecule has 0 N–H and O–H groups in total. The molecular weight excluding hydrogens is 261 g/mol. The van der Waals surface area contributed by atoms with Crippen LogP contribution in [-0.2, 0) is 0 Å². The third-order valence-electron chi connectivity index (χ3n) is 1.73. The van der Waals surface area contributed by atoms with Crippen LogP contribution >= 0.6 is 0 Å². The molecule has 0 aliphatic carbocycles. The standard InChI is InChI=1S/C11H9N.In/c1-2-6-10(7-3-1)11-8-4-5-9-12-11;/h1-9H;. The van der Waals surface area contributed by atoms with Gasteiger partial charge in [-0.05, 0) is 12.1 Å². The van der Waals surface area contributed by atoms with E-state index in [1.807, 2.05) is 42.6 Å². The maximum absolute atomic E-state index is 4.25. The molecule has 0 unspecified atom stereocenters. The summed E-state index contributed by atoms with van der Waals surface area (Å²) in [7, 11) is 0. The van der Waals surface area contributed by atoms with E-state index in [2.05, 4.69) is 17.1 Å². The van der Waals surface area contributed by atoms with Crippen LogP contribution in [0.2, 0.25) is 0 Å². The SMILES string of the molecule is [In].c1ccc(-c2ccccn2)cc1. The quantitative estimate of drug-likeness (QED) is 0.775. The molecule has 1 aromatic heterocycles. The summed E-state index contributed by atoms with van der Waals surface area (Å²) >= 11 is 0. The average molecular weight is 270 g/mol. The van der Waals surface area contributed by atoms with Crippen LogP contribution in [0.5, 0.6) is 0 Å². The molecule has 0 spiro atoms. The van der Waals surface area contributed by atoms with Crippen LogP contribution in [0.15, 0.2) is 54.7 Å². The van der Waals surface area contributed by atoms with E-state index in [1.54, 1.807) is 0 Å². The summed E-state index contributed by atoms with van der Waals surface area (Å²) < 4.78 is 0. The average Bonchev–Trinajstić information content (AvgIpc) is 2.21. The van der Waals surface area contributed by atoms with E-state index >= 15 is 0 Å². The molecule has 61 valence electrons. The summed E-state index contributed by atoms with van der Waals surface area (Å²) in [5.41, 5.74) is 2.19. The first-order valence-electron chi connectivity index (χ1n) is 3.93. The van der Waals surface area contributed by atoms with Crippen molar-refractivity contribution in [3.05, 3.63) is 54.7 Å². The van der Waals surface area contributed by atoms with E-state index in [0.717, 1.165) is 11.3 Å². The topological polar surface area (TPSA) is 12.9 Å². The van der Waals surface area contributed by atoms with Gasteiger partial charge in [0.25, 0.3) is 0 Å². The van der Waals surface area contributed by atoms with Crippen LogP contribution < -0.4 is 0 Å². The van der Waals surface area contributed by atoms with Crippen LogP contribution in [0.3, 0.4) is 0 Å². The Bertz CT molecular complexity index is 307. The number of hydrogen-bond donors (Lipinski definition) is 0. The number of nitrogens with zero attached hydrogens (tertiary/aromatic N) is 1. The van der Waals surface area contributed by atoms with Gasteiger partial charge in [0, 0.05) is 37.6 Å². The number of hydrogen-bond acceptors (Lipinski definition) is 1. The van der Waals surface area contributed by atoms with Crippen molar-refractivity contribution >= 4 is 25.8 Å². The van der Waals surface area contributed by atoms with E-state index in [9.17, 15) is 0 Å². The van der Waals surface area contributed by atoms with Gasteiger partial charge in [-0.15, -0.1) is 0 Å². The number of rotatable bonds is 1. The zero-order valence-corrected chi connectivity index (χ0v) is 10.5. The van der Waals surface area contributed by atoms with Crippen molar-refractivity contribution in [3.63, 3.8) is 0 Å². The molecule has 2 rings (SSSR count). The minimum atomic E-state index is 0. The summed E-state index contributed by atoms with van der Waals surface area (Å²) in [6.07, 6.45) is 1.81. The Kier molecular flexibility index (Phi) is 4.03. The largest absolute Gasteiger partial charge is 0.256 e. The van der Waals surface area contributed by atoms with Crippen molar-refractivity contribution in [2.45, 2.75) is 0 Å². The molecule has 0 aliphatic rings. The normalized spacial score (nSPS) is 8.92. The van der Waals surface area contributed by atoms with Gasteiger partial charge in [0.05, 0.1) is 5.69 Å². The van der Waals surface area contributed by atoms with Crippen LogP contribution in [-0.4, -0.2) is 30.8 Å². The third kappa shape index (κ3) is 2.59. The fraction of sp³-hybridized carbons (Fsp3) is 0. The number of benzene rings is 1. The van der Waals surface area contributed by atoms with Gasteiger partial charge < -0.3 is 0 Å². The summed E-state index contributed by atoms with van der Waals surface area (Å²) in [5, 5.41) is 0. The second-order valence-corrected chi connectivity index (χ2v) is 2.58. The molecule has 3 radical (unpaired) electrons. The minimum Gasteiger partial charge on any atom is -0.256 e. The molecule has 0 fully saturated rings.